The molecule has 1 aromatic carbocycles. The van der Waals surface area contributed by atoms with Crippen molar-refractivity contribution in [2.75, 3.05) is 6.61 Å². The summed E-state index contributed by atoms with van der Waals surface area (Å²) in [6.45, 7) is 11.3. The van der Waals surface area contributed by atoms with Gasteiger partial charge in [-0.1, -0.05) is 44.7 Å². The van der Waals surface area contributed by atoms with Gasteiger partial charge in [0.25, 0.3) is 0 Å². The topological polar surface area (TPSA) is 46.5 Å². The first-order valence-corrected chi connectivity index (χ1v) is 6.25. The van der Waals surface area contributed by atoms with E-state index in [4.69, 9.17) is 9.84 Å². The van der Waals surface area contributed by atoms with Crippen molar-refractivity contribution in [2.24, 2.45) is 0 Å². The predicted molar refractivity (Wildman–Crippen MR) is 78.9 cm³/mol. The maximum Gasteiger partial charge on any atom is 0.333 e. The zero-order valence-corrected chi connectivity index (χ0v) is 11.7. The van der Waals surface area contributed by atoms with E-state index in [0.29, 0.717) is 17.9 Å². The van der Waals surface area contributed by atoms with Crippen LogP contribution in [0.1, 0.15) is 32.3 Å². The summed E-state index contributed by atoms with van der Waals surface area (Å²) in [6, 6.07) is 6.89. The van der Waals surface area contributed by atoms with Crippen LogP contribution in [0.5, 0.6) is 5.75 Å². The SMILES string of the molecule is C=C(C)C(=O)OCCCC.C=Cc1ccc(O)cc1. The molecule has 0 amide bonds. The Labute approximate surface area is 115 Å². The van der Waals surface area contributed by atoms with Gasteiger partial charge >= 0.3 is 5.97 Å². The molecule has 0 saturated heterocycles. The van der Waals surface area contributed by atoms with Gasteiger partial charge in [-0.3, -0.25) is 0 Å². The Balaban J connectivity index is 0.000000342. The number of esters is 1. The minimum atomic E-state index is -0.284. The predicted octanol–water partition coefficient (Wildman–Crippen LogP) is 3.94. The second-order valence-corrected chi connectivity index (χ2v) is 4.07. The van der Waals surface area contributed by atoms with Crippen LogP contribution in [-0.4, -0.2) is 17.7 Å². The third-order valence-corrected chi connectivity index (χ3v) is 2.21. The summed E-state index contributed by atoms with van der Waals surface area (Å²) in [5.41, 5.74) is 1.49. The fourth-order valence-corrected chi connectivity index (χ4v) is 1.04. The Hall–Kier alpha value is -2.03. The van der Waals surface area contributed by atoms with Crippen molar-refractivity contribution in [3.8, 4) is 5.75 Å². The number of phenolic OH excluding ortho intramolecular Hbond substituents is 1. The zero-order valence-electron chi connectivity index (χ0n) is 11.7. The molecule has 0 aliphatic heterocycles. The highest BCUT2D eigenvalue weighted by Crippen LogP contribution is 2.09. The van der Waals surface area contributed by atoms with Crippen LogP contribution in [0, 0.1) is 0 Å². The molecular formula is C16H22O3. The molecule has 104 valence electrons. The highest BCUT2D eigenvalue weighted by atomic mass is 16.5. The first kappa shape index (κ1) is 17.0. The van der Waals surface area contributed by atoms with E-state index in [1.54, 1.807) is 25.1 Å². The lowest BCUT2D eigenvalue weighted by Gasteiger charge is -2.01. The summed E-state index contributed by atoms with van der Waals surface area (Å²) in [5.74, 6) is 0.00838. The molecule has 0 heterocycles. The zero-order chi connectivity index (χ0) is 14.7. The molecule has 1 aromatic rings. The van der Waals surface area contributed by atoms with Gasteiger partial charge in [0.15, 0.2) is 0 Å². The molecule has 19 heavy (non-hydrogen) atoms. The van der Waals surface area contributed by atoms with E-state index in [0.717, 1.165) is 18.4 Å². The van der Waals surface area contributed by atoms with Gasteiger partial charge in [-0.15, -0.1) is 0 Å². The van der Waals surface area contributed by atoms with Crippen molar-refractivity contribution in [3.63, 3.8) is 0 Å². The van der Waals surface area contributed by atoms with E-state index in [-0.39, 0.29) is 5.97 Å². The number of unbranched alkanes of at least 4 members (excludes halogenated alkanes) is 1. The van der Waals surface area contributed by atoms with Gasteiger partial charge in [-0.25, -0.2) is 4.79 Å². The Morgan fingerprint density at radius 1 is 1.37 bits per heavy atom. The lowest BCUT2D eigenvalue weighted by molar-refractivity contribution is -0.139. The summed E-state index contributed by atoms with van der Waals surface area (Å²) in [6.07, 6.45) is 3.71. The highest BCUT2D eigenvalue weighted by molar-refractivity contribution is 5.86. The van der Waals surface area contributed by atoms with Gasteiger partial charge in [0, 0.05) is 5.57 Å². The Bertz CT molecular complexity index is 405. The molecule has 0 unspecified atom stereocenters. The van der Waals surface area contributed by atoms with Crippen LogP contribution in [0.25, 0.3) is 6.08 Å². The minimum absolute atomic E-state index is 0.284. The van der Waals surface area contributed by atoms with Gasteiger partial charge < -0.3 is 9.84 Å². The second-order valence-electron chi connectivity index (χ2n) is 4.07. The molecule has 0 fully saturated rings. The number of hydrogen-bond donors (Lipinski definition) is 1. The molecule has 1 rings (SSSR count). The smallest absolute Gasteiger partial charge is 0.333 e. The molecule has 0 atom stereocenters. The normalized spacial score (nSPS) is 8.95. The van der Waals surface area contributed by atoms with Crippen molar-refractivity contribution in [3.05, 3.63) is 48.6 Å². The van der Waals surface area contributed by atoms with Crippen LogP contribution < -0.4 is 0 Å². The van der Waals surface area contributed by atoms with Crippen LogP contribution in [0.15, 0.2) is 43.0 Å². The van der Waals surface area contributed by atoms with E-state index >= 15 is 0 Å². The van der Waals surface area contributed by atoms with E-state index in [1.807, 2.05) is 12.1 Å². The number of carbonyl (C=O) groups is 1. The molecule has 0 bridgehead atoms. The fraction of sp³-hybridized carbons (Fsp3) is 0.312. The molecule has 0 spiro atoms. The number of phenols is 1. The maximum absolute atomic E-state index is 10.7. The molecule has 0 radical (unpaired) electrons. The number of benzene rings is 1. The molecular weight excluding hydrogens is 240 g/mol. The van der Waals surface area contributed by atoms with Crippen LogP contribution >= 0.6 is 0 Å². The Morgan fingerprint density at radius 3 is 2.37 bits per heavy atom. The minimum Gasteiger partial charge on any atom is -0.508 e. The Kier molecular flexibility index (Phi) is 8.88. The standard InChI is InChI=1S/C8H14O2.C8H8O/c1-4-5-6-10-8(9)7(2)3;1-2-7-3-5-8(9)6-4-7/h2,4-6H2,1,3H3;2-6,9H,1H2. The summed E-state index contributed by atoms with van der Waals surface area (Å²) in [7, 11) is 0. The maximum atomic E-state index is 10.7. The van der Waals surface area contributed by atoms with Gasteiger partial charge in [0.05, 0.1) is 6.61 Å². The first-order valence-electron chi connectivity index (χ1n) is 6.25. The molecule has 3 nitrogen and oxygen atoms in total. The van der Waals surface area contributed by atoms with E-state index in [1.165, 1.54) is 0 Å². The van der Waals surface area contributed by atoms with Crippen molar-refractivity contribution >= 4 is 12.0 Å². The quantitative estimate of drug-likeness (QED) is 0.496. The third kappa shape index (κ3) is 8.66. The van der Waals surface area contributed by atoms with Crippen LogP contribution in [0.3, 0.4) is 0 Å². The van der Waals surface area contributed by atoms with E-state index in [2.05, 4.69) is 20.1 Å². The molecule has 0 aliphatic rings. The average Bonchev–Trinajstić information content (AvgIpc) is 2.40. The monoisotopic (exact) mass is 262 g/mol. The van der Waals surface area contributed by atoms with Gasteiger partial charge in [-0.2, -0.15) is 0 Å². The number of hydrogen-bond acceptors (Lipinski definition) is 3. The lowest BCUT2D eigenvalue weighted by Crippen LogP contribution is -2.05. The highest BCUT2D eigenvalue weighted by Gasteiger charge is 2.00. The van der Waals surface area contributed by atoms with Crippen molar-refractivity contribution in [1.82, 2.24) is 0 Å². The summed E-state index contributed by atoms with van der Waals surface area (Å²) < 4.78 is 4.81. The van der Waals surface area contributed by atoms with Gasteiger partial charge in [0.2, 0.25) is 0 Å². The molecule has 0 saturated carbocycles. The summed E-state index contributed by atoms with van der Waals surface area (Å²) in [5, 5.41) is 8.82. The number of ether oxygens (including phenoxy) is 1. The van der Waals surface area contributed by atoms with Crippen molar-refractivity contribution < 1.29 is 14.6 Å². The first-order chi connectivity index (χ1) is 9.01. The molecule has 3 heteroatoms. The number of carbonyl (C=O) groups excluding carboxylic acids is 1. The lowest BCUT2D eigenvalue weighted by atomic mass is 10.2. The van der Waals surface area contributed by atoms with E-state index < -0.39 is 0 Å². The number of rotatable bonds is 5. The summed E-state index contributed by atoms with van der Waals surface area (Å²) in [4.78, 5) is 10.7. The number of aromatic hydroxyl groups is 1. The largest absolute Gasteiger partial charge is 0.508 e. The average molecular weight is 262 g/mol. The summed E-state index contributed by atoms with van der Waals surface area (Å²) >= 11 is 0. The van der Waals surface area contributed by atoms with Crippen molar-refractivity contribution in [1.29, 1.82) is 0 Å². The van der Waals surface area contributed by atoms with Crippen LogP contribution in [0.4, 0.5) is 0 Å². The molecule has 0 aromatic heterocycles. The van der Waals surface area contributed by atoms with Crippen molar-refractivity contribution in [2.45, 2.75) is 26.7 Å². The fourth-order valence-electron chi connectivity index (χ4n) is 1.04. The Morgan fingerprint density at radius 2 is 1.95 bits per heavy atom. The van der Waals surface area contributed by atoms with Gasteiger partial charge in [0.1, 0.15) is 5.75 Å². The molecule has 0 aliphatic carbocycles. The van der Waals surface area contributed by atoms with E-state index in [9.17, 15) is 4.79 Å². The second kappa shape index (κ2) is 9.95. The van der Waals surface area contributed by atoms with Crippen LogP contribution in [-0.2, 0) is 9.53 Å². The van der Waals surface area contributed by atoms with Gasteiger partial charge in [-0.05, 0) is 31.0 Å². The third-order valence-electron chi connectivity index (χ3n) is 2.21. The molecule has 1 N–H and O–H groups in total. The van der Waals surface area contributed by atoms with Crippen LogP contribution in [0.2, 0.25) is 0 Å².